The van der Waals surface area contributed by atoms with Crippen LogP contribution >= 0.6 is 0 Å². The molecule has 1 aromatic rings. The second-order valence-electron chi connectivity index (χ2n) is 5.31. The lowest BCUT2D eigenvalue weighted by Gasteiger charge is -2.42. The molecule has 0 aliphatic carbocycles. The van der Waals surface area contributed by atoms with E-state index in [1.165, 1.54) is 0 Å². The third kappa shape index (κ3) is 1.65. The van der Waals surface area contributed by atoms with Gasteiger partial charge in [0.15, 0.2) is 0 Å². The highest BCUT2D eigenvalue weighted by atomic mass is 16.5. The number of carbonyl (C=O) groups is 1. The van der Waals surface area contributed by atoms with Gasteiger partial charge in [0.25, 0.3) is 0 Å². The molecule has 1 fully saturated rings. The number of para-hydroxylation sites is 1. The maximum atomic E-state index is 12.2. The number of benzene rings is 1. The van der Waals surface area contributed by atoms with Crippen molar-refractivity contribution in [3.8, 4) is 0 Å². The summed E-state index contributed by atoms with van der Waals surface area (Å²) in [6.07, 6.45) is 0.506. The van der Waals surface area contributed by atoms with Gasteiger partial charge < -0.3 is 4.74 Å². The SMILES string of the molecule is COC1(C)N(c2ccccc2)C(=O)CC1(C)C. The van der Waals surface area contributed by atoms with Gasteiger partial charge in [-0.1, -0.05) is 32.0 Å². The van der Waals surface area contributed by atoms with E-state index < -0.39 is 5.72 Å². The molecule has 1 saturated heterocycles. The van der Waals surface area contributed by atoms with Crippen LogP contribution in [0.4, 0.5) is 5.69 Å². The molecule has 1 aromatic carbocycles. The minimum atomic E-state index is -0.592. The molecule has 2 rings (SSSR count). The zero-order chi connectivity index (χ0) is 12.7. The average molecular weight is 233 g/mol. The van der Waals surface area contributed by atoms with Crippen molar-refractivity contribution in [2.45, 2.75) is 32.9 Å². The highest BCUT2D eigenvalue weighted by Crippen LogP contribution is 2.47. The topological polar surface area (TPSA) is 29.5 Å². The van der Waals surface area contributed by atoms with Gasteiger partial charge in [-0.3, -0.25) is 9.69 Å². The molecular formula is C14H19NO2. The molecule has 1 aliphatic heterocycles. The van der Waals surface area contributed by atoms with E-state index in [9.17, 15) is 4.79 Å². The molecule has 0 N–H and O–H groups in total. The molecule has 1 aliphatic rings. The van der Waals surface area contributed by atoms with E-state index in [-0.39, 0.29) is 11.3 Å². The number of amides is 1. The maximum absolute atomic E-state index is 12.2. The molecule has 0 radical (unpaired) electrons. The first kappa shape index (κ1) is 12.1. The standard InChI is InChI=1S/C14H19NO2/c1-13(2)10-12(16)15(14(13,3)17-4)11-8-6-5-7-9-11/h5-9H,10H2,1-4H3. The lowest BCUT2D eigenvalue weighted by atomic mass is 9.82. The van der Waals surface area contributed by atoms with Gasteiger partial charge in [0.05, 0.1) is 0 Å². The number of carbonyl (C=O) groups excluding carboxylic acids is 1. The fraction of sp³-hybridized carbons (Fsp3) is 0.500. The van der Waals surface area contributed by atoms with Gasteiger partial charge in [-0.2, -0.15) is 0 Å². The fourth-order valence-electron chi connectivity index (χ4n) is 2.50. The van der Waals surface area contributed by atoms with Crippen LogP contribution in [0.3, 0.4) is 0 Å². The molecule has 0 saturated carbocycles. The Balaban J connectivity index is 2.50. The Bertz CT molecular complexity index is 427. The smallest absolute Gasteiger partial charge is 0.230 e. The van der Waals surface area contributed by atoms with E-state index in [1.54, 1.807) is 12.0 Å². The summed E-state index contributed by atoms with van der Waals surface area (Å²) in [5.41, 5.74) is 0.104. The van der Waals surface area contributed by atoms with Gasteiger partial charge in [0.2, 0.25) is 5.91 Å². The molecule has 1 amide bonds. The van der Waals surface area contributed by atoms with Crippen LogP contribution in [0.25, 0.3) is 0 Å². The number of hydrogen-bond acceptors (Lipinski definition) is 2. The molecule has 0 spiro atoms. The zero-order valence-electron chi connectivity index (χ0n) is 10.9. The Labute approximate surface area is 102 Å². The molecule has 3 heteroatoms. The molecule has 0 bridgehead atoms. The Hall–Kier alpha value is -1.35. The number of hydrogen-bond donors (Lipinski definition) is 0. The Morgan fingerprint density at radius 1 is 1.18 bits per heavy atom. The van der Waals surface area contributed by atoms with Crippen molar-refractivity contribution < 1.29 is 9.53 Å². The predicted molar refractivity (Wildman–Crippen MR) is 67.7 cm³/mol. The van der Waals surface area contributed by atoms with Crippen molar-refractivity contribution >= 4 is 11.6 Å². The zero-order valence-corrected chi connectivity index (χ0v) is 10.9. The highest BCUT2D eigenvalue weighted by Gasteiger charge is 2.56. The molecule has 1 heterocycles. The van der Waals surface area contributed by atoms with Crippen LogP contribution in [0.2, 0.25) is 0 Å². The van der Waals surface area contributed by atoms with Crippen LogP contribution in [0.1, 0.15) is 27.2 Å². The Morgan fingerprint density at radius 2 is 1.76 bits per heavy atom. The van der Waals surface area contributed by atoms with Crippen molar-refractivity contribution in [3.05, 3.63) is 30.3 Å². The van der Waals surface area contributed by atoms with Crippen LogP contribution < -0.4 is 4.90 Å². The minimum absolute atomic E-state index is 0.116. The van der Waals surface area contributed by atoms with E-state index in [0.717, 1.165) is 5.69 Å². The average Bonchev–Trinajstić information content (AvgIpc) is 2.47. The molecule has 92 valence electrons. The van der Waals surface area contributed by atoms with Crippen molar-refractivity contribution in [2.75, 3.05) is 12.0 Å². The minimum Gasteiger partial charge on any atom is -0.358 e. The number of anilines is 1. The van der Waals surface area contributed by atoms with Crippen molar-refractivity contribution in [3.63, 3.8) is 0 Å². The molecular weight excluding hydrogens is 214 g/mol. The number of nitrogens with zero attached hydrogens (tertiary/aromatic N) is 1. The summed E-state index contributed by atoms with van der Waals surface area (Å²) in [5.74, 6) is 0.116. The summed E-state index contributed by atoms with van der Waals surface area (Å²) in [7, 11) is 1.66. The van der Waals surface area contributed by atoms with E-state index in [2.05, 4.69) is 13.8 Å². The van der Waals surface area contributed by atoms with Crippen molar-refractivity contribution in [1.29, 1.82) is 0 Å². The molecule has 1 unspecified atom stereocenters. The van der Waals surface area contributed by atoms with Crippen LogP contribution in [0.15, 0.2) is 30.3 Å². The largest absolute Gasteiger partial charge is 0.358 e. The van der Waals surface area contributed by atoms with Gasteiger partial charge >= 0.3 is 0 Å². The van der Waals surface area contributed by atoms with Crippen molar-refractivity contribution in [2.24, 2.45) is 5.41 Å². The first-order valence-corrected chi connectivity index (χ1v) is 5.86. The summed E-state index contributed by atoms with van der Waals surface area (Å²) in [6.45, 7) is 6.11. The summed E-state index contributed by atoms with van der Waals surface area (Å²) in [5, 5.41) is 0. The normalized spacial score (nSPS) is 27.5. The summed E-state index contributed by atoms with van der Waals surface area (Å²) in [6, 6.07) is 9.69. The van der Waals surface area contributed by atoms with Crippen LogP contribution in [0.5, 0.6) is 0 Å². The van der Waals surface area contributed by atoms with E-state index >= 15 is 0 Å². The van der Waals surface area contributed by atoms with Gasteiger partial charge in [0, 0.05) is 24.6 Å². The first-order valence-electron chi connectivity index (χ1n) is 5.86. The monoisotopic (exact) mass is 233 g/mol. The van der Waals surface area contributed by atoms with Gasteiger partial charge in [-0.25, -0.2) is 0 Å². The lowest BCUT2D eigenvalue weighted by molar-refractivity contribution is -0.118. The van der Waals surface area contributed by atoms with Gasteiger partial charge in [0.1, 0.15) is 5.72 Å². The summed E-state index contributed by atoms with van der Waals surface area (Å²) < 4.78 is 5.66. The molecule has 3 nitrogen and oxygen atoms in total. The second kappa shape index (κ2) is 3.84. The number of ether oxygens (including phenoxy) is 1. The lowest BCUT2D eigenvalue weighted by Crippen LogP contribution is -2.52. The second-order valence-corrected chi connectivity index (χ2v) is 5.31. The maximum Gasteiger partial charge on any atom is 0.230 e. The molecule has 0 aromatic heterocycles. The van der Waals surface area contributed by atoms with Crippen LogP contribution in [-0.2, 0) is 9.53 Å². The van der Waals surface area contributed by atoms with Crippen LogP contribution in [-0.4, -0.2) is 18.7 Å². The fourth-order valence-corrected chi connectivity index (χ4v) is 2.50. The first-order chi connectivity index (χ1) is 7.92. The quantitative estimate of drug-likeness (QED) is 0.786. The summed E-state index contributed by atoms with van der Waals surface area (Å²) >= 11 is 0. The number of methoxy groups -OCH3 is 1. The van der Waals surface area contributed by atoms with Gasteiger partial charge in [-0.05, 0) is 19.1 Å². The highest BCUT2D eigenvalue weighted by molar-refractivity contribution is 5.97. The van der Waals surface area contributed by atoms with Gasteiger partial charge in [-0.15, -0.1) is 0 Å². The van der Waals surface area contributed by atoms with Crippen molar-refractivity contribution in [1.82, 2.24) is 0 Å². The van der Waals surface area contributed by atoms with Crippen LogP contribution in [0, 0.1) is 5.41 Å². The summed E-state index contributed by atoms with van der Waals surface area (Å²) in [4.78, 5) is 14.0. The number of rotatable bonds is 2. The molecule has 17 heavy (non-hydrogen) atoms. The third-order valence-corrected chi connectivity index (χ3v) is 3.94. The van der Waals surface area contributed by atoms with E-state index in [4.69, 9.17) is 4.74 Å². The third-order valence-electron chi connectivity index (χ3n) is 3.94. The van der Waals surface area contributed by atoms with E-state index in [1.807, 2.05) is 37.3 Å². The molecule has 1 atom stereocenters. The Kier molecular flexibility index (Phi) is 2.74. The van der Waals surface area contributed by atoms with E-state index in [0.29, 0.717) is 6.42 Å². The Morgan fingerprint density at radius 3 is 2.29 bits per heavy atom. The predicted octanol–water partition coefficient (Wildman–Crippen LogP) is 2.81.